The lowest BCUT2D eigenvalue weighted by atomic mass is 9.99. The van der Waals surface area contributed by atoms with E-state index in [1.165, 1.54) is 11.3 Å². The molecule has 6 heteroatoms. The largest absolute Gasteiger partial charge is 0.488 e. The summed E-state index contributed by atoms with van der Waals surface area (Å²) < 4.78 is 6.10. The van der Waals surface area contributed by atoms with Gasteiger partial charge in [0.1, 0.15) is 16.7 Å². The van der Waals surface area contributed by atoms with Crippen molar-refractivity contribution in [2.24, 2.45) is 11.8 Å². The first-order valence-corrected chi connectivity index (χ1v) is 8.43. The fourth-order valence-corrected chi connectivity index (χ4v) is 4.18. The molecular formula is C16H17N3O2S. The molecule has 1 aliphatic heterocycles. The summed E-state index contributed by atoms with van der Waals surface area (Å²) >= 11 is 1.41. The van der Waals surface area contributed by atoms with Gasteiger partial charge in [-0.15, -0.1) is 11.3 Å². The van der Waals surface area contributed by atoms with E-state index in [1.807, 2.05) is 17.0 Å². The number of fused-ring (bicyclic) bond motifs is 1. The van der Waals surface area contributed by atoms with Gasteiger partial charge in [0.25, 0.3) is 5.91 Å². The number of hydrogen-bond donors (Lipinski definition) is 0. The Labute approximate surface area is 133 Å². The van der Waals surface area contributed by atoms with Crippen LogP contribution in [0.25, 0.3) is 0 Å². The Morgan fingerprint density at radius 1 is 1.27 bits per heavy atom. The zero-order valence-electron chi connectivity index (χ0n) is 12.1. The minimum absolute atomic E-state index is 0.108. The maximum Gasteiger partial charge on any atom is 0.265 e. The quantitative estimate of drug-likeness (QED) is 0.873. The van der Waals surface area contributed by atoms with Crippen LogP contribution in [0.3, 0.4) is 0 Å². The van der Waals surface area contributed by atoms with Crippen LogP contribution in [-0.4, -0.2) is 40.0 Å². The predicted molar refractivity (Wildman–Crippen MR) is 82.9 cm³/mol. The van der Waals surface area contributed by atoms with Gasteiger partial charge in [0, 0.05) is 25.2 Å². The maximum absolute atomic E-state index is 12.4. The molecule has 1 aliphatic carbocycles. The summed E-state index contributed by atoms with van der Waals surface area (Å²) in [6.45, 7) is 1.63. The zero-order chi connectivity index (χ0) is 14.9. The van der Waals surface area contributed by atoms with Crippen LogP contribution in [0.2, 0.25) is 0 Å². The van der Waals surface area contributed by atoms with E-state index >= 15 is 0 Å². The molecule has 3 heterocycles. The second-order valence-electron chi connectivity index (χ2n) is 5.92. The Morgan fingerprint density at radius 2 is 2.23 bits per heavy atom. The van der Waals surface area contributed by atoms with Crippen molar-refractivity contribution in [3.8, 4) is 5.75 Å². The molecule has 2 fully saturated rings. The van der Waals surface area contributed by atoms with Gasteiger partial charge in [0.15, 0.2) is 0 Å². The Hall–Kier alpha value is -1.95. The lowest BCUT2D eigenvalue weighted by Crippen LogP contribution is -2.32. The fourth-order valence-electron chi connectivity index (χ4n) is 3.60. The number of thiazole rings is 1. The monoisotopic (exact) mass is 315 g/mol. The van der Waals surface area contributed by atoms with Crippen LogP contribution in [-0.2, 0) is 0 Å². The highest BCUT2D eigenvalue weighted by atomic mass is 32.1. The molecule has 0 aromatic carbocycles. The van der Waals surface area contributed by atoms with Crippen LogP contribution in [0.15, 0.2) is 36.2 Å². The number of ether oxygens (including phenoxy) is 1. The van der Waals surface area contributed by atoms with Crippen molar-refractivity contribution in [1.82, 2.24) is 14.9 Å². The van der Waals surface area contributed by atoms with Crippen molar-refractivity contribution in [1.29, 1.82) is 0 Å². The summed E-state index contributed by atoms with van der Waals surface area (Å²) in [6.07, 6.45) is 7.53. The molecule has 1 amide bonds. The van der Waals surface area contributed by atoms with E-state index in [-0.39, 0.29) is 12.0 Å². The summed E-state index contributed by atoms with van der Waals surface area (Å²) in [5.41, 5.74) is 1.71. The molecule has 22 heavy (non-hydrogen) atoms. The average molecular weight is 315 g/mol. The number of rotatable bonds is 3. The van der Waals surface area contributed by atoms with Gasteiger partial charge >= 0.3 is 0 Å². The van der Waals surface area contributed by atoms with E-state index in [4.69, 9.17) is 4.74 Å². The Morgan fingerprint density at radius 3 is 3.00 bits per heavy atom. The number of hydrogen-bond acceptors (Lipinski definition) is 5. The maximum atomic E-state index is 12.4. The van der Waals surface area contributed by atoms with E-state index in [9.17, 15) is 4.79 Å². The van der Waals surface area contributed by atoms with Crippen LogP contribution in [0, 0.1) is 11.8 Å². The van der Waals surface area contributed by atoms with Crippen molar-refractivity contribution >= 4 is 17.2 Å². The summed E-state index contributed by atoms with van der Waals surface area (Å²) in [6, 6.07) is 3.82. The van der Waals surface area contributed by atoms with E-state index in [0.717, 1.165) is 36.6 Å². The number of carbonyl (C=O) groups excluding carboxylic acids is 1. The van der Waals surface area contributed by atoms with Gasteiger partial charge in [-0.3, -0.25) is 14.8 Å². The second-order valence-corrected chi connectivity index (χ2v) is 6.81. The van der Waals surface area contributed by atoms with Crippen LogP contribution in [0.5, 0.6) is 5.75 Å². The van der Waals surface area contributed by atoms with Gasteiger partial charge in [-0.2, -0.15) is 0 Å². The molecule has 2 aliphatic rings. The first-order chi connectivity index (χ1) is 10.8. The van der Waals surface area contributed by atoms with Crippen molar-refractivity contribution in [2.75, 3.05) is 13.1 Å². The average Bonchev–Trinajstić information content (AvgIpc) is 3.26. The fraction of sp³-hybridized carbons (Fsp3) is 0.438. The van der Waals surface area contributed by atoms with Gasteiger partial charge in [-0.1, -0.05) is 0 Å². The molecule has 114 valence electrons. The second kappa shape index (κ2) is 5.68. The van der Waals surface area contributed by atoms with E-state index in [2.05, 4.69) is 9.97 Å². The molecule has 0 N–H and O–H groups in total. The Balaban J connectivity index is 1.44. The first-order valence-electron chi connectivity index (χ1n) is 7.55. The van der Waals surface area contributed by atoms with Gasteiger partial charge < -0.3 is 9.64 Å². The standard InChI is InChI=1S/C16H17N3O2S/c20-16(15-7-18-10-22-15)19-8-11-3-4-14(13(11)9-19)21-12-2-1-5-17-6-12/h1-2,5-7,10-11,13-14H,3-4,8-9H2/t11-,13+,14+/m1/s1. The predicted octanol–water partition coefficient (Wildman–Crippen LogP) is 2.47. The topological polar surface area (TPSA) is 55.3 Å². The highest BCUT2D eigenvalue weighted by molar-refractivity contribution is 7.11. The molecule has 0 unspecified atom stereocenters. The Kier molecular flexibility index (Phi) is 3.54. The minimum atomic E-state index is 0.108. The van der Waals surface area contributed by atoms with Gasteiger partial charge in [0.2, 0.25) is 0 Å². The minimum Gasteiger partial charge on any atom is -0.488 e. The lowest BCUT2D eigenvalue weighted by molar-refractivity contribution is 0.0767. The number of nitrogens with zero attached hydrogens (tertiary/aromatic N) is 3. The molecule has 2 aromatic rings. The van der Waals surface area contributed by atoms with Gasteiger partial charge in [-0.05, 0) is 30.9 Å². The van der Waals surface area contributed by atoms with Crippen LogP contribution in [0.4, 0.5) is 0 Å². The normalized spacial score (nSPS) is 26.9. The van der Waals surface area contributed by atoms with Crippen LogP contribution in [0.1, 0.15) is 22.5 Å². The number of amides is 1. The number of aromatic nitrogens is 2. The van der Waals surface area contributed by atoms with Crippen molar-refractivity contribution < 1.29 is 9.53 Å². The van der Waals surface area contributed by atoms with Crippen LogP contribution >= 0.6 is 11.3 Å². The molecule has 1 saturated heterocycles. The lowest BCUT2D eigenvalue weighted by Gasteiger charge is -2.21. The summed E-state index contributed by atoms with van der Waals surface area (Å²) in [4.78, 5) is 23.2. The first kappa shape index (κ1) is 13.7. The SMILES string of the molecule is O=C(c1cncs1)N1C[C@H]2CC[C@H](Oc3cccnc3)[C@H]2C1. The smallest absolute Gasteiger partial charge is 0.265 e. The molecule has 0 spiro atoms. The molecule has 2 aromatic heterocycles. The third kappa shape index (κ3) is 2.47. The zero-order valence-corrected chi connectivity index (χ0v) is 12.9. The number of carbonyl (C=O) groups is 1. The van der Waals surface area contributed by atoms with Crippen LogP contribution < -0.4 is 4.74 Å². The van der Waals surface area contributed by atoms with Crippen molar-refractivity contribution in [3.05, 3.63) is 41.1 Å². The van der Waals surface area contributed by atoms with Gasteiger partial charge in [-0.25, -0.2) is 0 Å². The van der Waals surface area contributed by atoms with E-state index in [1.54, 1.807) is 24.1 Å². The molecule has 0 bridgehead atoms. The molecule has 1 saturated carbocycles. The molecule has 0 radical (unpaired) electrons. The number of pyridine rings is 1. The number of likely N-dealkylation sites (tertiary alicyclic amines) is 1. The summed E-state index contributed by atoms with van der Waals surface area (Å²) in [5.74, 6) is 1.91. The third-order valence-electron chi connectivity index (χ3n) is 4.64. The Bertz CT molecular complexity index is 647. The summed E-state index contributed by atoms with van der Waals surface area (Å²) in [7, 11) is 0. The third-order valence-corrected chi connectivity index (χ3v) is 5.40. The molecular weight excluding hydrogens is 298 g/mol. The van der Waals surface area contributed by atoms with Crippen molar-refractivity contribution in [2.45, 2.75) is 18.9 Å². The van der Waals surface area contributed by atoms with E-state index in [0.29, 0.717) is 11.8 Å². The van der Waals surface area contributed by atoms with E-state index < -0.39 is 0 Å². The summed E-state index contributed by atoms with van der Waals surface area (Å²) in [5, 5.41) is 0. The molecule has 5 nitrogen and oxygen atoms in total. The highest BCUT2D eigenvalue weighted by Crippen LogP contribution is 2.40. The highest BCUT2D eigenvalue weighted by Gasteiger charge is 2.45. The van der Waals surface area contributed by atoms with Crippen molar-refractivity contribution in [3.63, 3.8) is 0 Å². The molecule has 3 atom stereocenters. The van der Waals surface area contributed by atoms with Gasteiger partial charge in [0.05, 0.1) is 17.9 Å². The molecule has 4 rings (SSSR count).